The van der Waals surface area contributed by atoms with Gasteiger partial charge in [-0.2, -0.15) is 0 Å². The molecule has 4 nitrogen and oxygen atoms in total. The highest BCUT2D eigenvalue weighted by Gasteiger charge is 2.25. The van der Waals surface area contributed by atoms with Crippen LogP contribution in [0.25, 0.3) is 0 Å². The van der Waals surface area contributed by atoms with E-state index in [0.717, 1.165) is 43.7 Å². The van der Waals surface area contributed by atoms with Crippen LogP contribution in [0.2, 0.25) is 0 Å². The zero-order chi connectivity index (χ0) is 15.1. The summed E-state index contributed by atoms with van der Waals surface area (Å²) in [4.78, 5) is 14.3. The second-order valence-corrected chi connectivity index (χ2v) is 5.61. The Labute approximate surface area is 127 Å². The highest BCUT2D eigenvalue weighted by molar-refractivity contribution is 5.78. The molecule has 1 fully saturated rings. The van der Waals surface area contributed by atoms with Crippen LogP contribution >= 0.6 is 0 Å². The van der Waals surface area contributed by atoms with E-state index in [4.69, 9.17) is 4.74 Å². The molecule has 0 spiro atoms. The van der Waals surface area contributed by atoms with Gasteiger partial charge in [0.2, 0.25) is 0 Å². The highest BCUT2D eigenvalue weighted by atomic mass is 16.5. The number of piperidine rings is 1. The van der Waals surface area contributed by atoms with E-state index in [9.17, 15) is 4.79 Å². The number of hydrogen-bond donors (Lipinski definition) is 1. The second kappa shape index (κ2) is 8.03. The fraction of sp³-hybridized carbons (Fsp3) is 0.588. The highest BCUT2D eigenvalue weighted by Crippen LogP contribution is 2.20. The number of carbonyl (C=O) groups is 1. The van der Waals surface area contributed by atoms with Crippen molar-refractivity contribution in [2.24, 2.45) is 0 Å². The number of likely N-dealkylation sites (tertiary alicyclic amines) is 1. The lowest BCUT2D eigenvalue weighted by Gasteiger charge is -2.35. The van der Waals surface area contributed by atoms with Gasteiger partial charge in [0, 0.05) is 19.1 Å². The number of nitrogens with one attached hydrogen (secondary N) is 1. The third-order valence-corrected chi connectivity index (χ3v) is 4.06. The summed E-state index contributed by atoms with van der Waals surface area (Å²) in [6.07, 6.45) is 4.50. The molecule has 4 heteroatoms. The molecule has 1 aromatic carbocycles. The first kappa shape index (κ1) is 15.8. The van der Waals surface area contributed by atoms with E-state index < -0.39 is 0 Å². The summed E-state index contributed by atoms with van der Waals surface area (Å²) in [5.74, 6) is 0.877. The fourth-order valence-electron chi connectivity index (χ4n) is 2.93. The molecule has 0 bridgehead atoms. The second-order valence-electron chi connectivity index (χ2n) is 5.61. The van der Waals surface area contributed by atoms with Crippen molar-refractivity contribution in [3.05, 3.63) is 29.8 Å². The third-order valence-electron chi connectivity index (χ3n) is 4.06. The van der Waals surface area contributed by atoms with E-state index in [-0.39, 0.29) is 12.5 Å². The molecule has 1 saturated heterocycles. The minimum absolute atomic E-state index is 0.112. The number of nitrogens with zero attached hydrogens (tertiary/aromatic N) is 1. The van der Waals surface area contributed by atoms with Crippen molar-refractivity contribution < 1.29 is 9.53 Å². The van der Waals surface area contributed by atoms with E-state index >= 15 is 0 Å². The number of ether oxygens (including phenoxy) is 1. The Morgan fingerprint density at radius 1 is 1.43 bits per heavy atom. The van der Waals surface area contributed by atoms with Crippen molar-refractivity contribution in [1.82, 2.24) is 10.2 Å². The quantitative estimate of drug-likeness (QED) is 0.875. The smallest absolute Gasteiger partial charge is 0.260 e. The summed E-state index contributed by atoms with van der Waals surface area (Å²) < 4.78 is 5.68. The molecule has 0 aromatic heterocycles. The van der Waals surface area contributed by atoms with Gasteiger partial charge in [-0.1, -0.05) is 19.1 Å². The van der Waals surface area contributed by atoms with Gasteiger partial charge in [0.15, 0.2) is 6.61 Å². The lowest BCUT2D eigenvalue weighted by atomic mass is 10.00. The van der Waals surface area contributed by atoms with Crippen molar-refractivity contribution in [1.29, 1.82) is 0 Å². The van der Waals surface area contributed by atoms with Gasteiger partial charge in [-0.05, 0) is 50.4 Å². The molecule has 116 valence electrons. The molecule has 21 heavy (non-hydrogen) atoms. The number of rotatable bonds is 6. The first-order chi connectivity index (χ1) is 10.2. The topological polar surface area (TPSA) is 41.6 Å². The minimum Gasteiger partial charge on any atom is -0.484 e. The maximum absolute atomic E-state index is 12.3. The van der Waals surface area contributed by atoms with Crippen molar-refractivity contribution in [3.8, 4) is 5.75 Å². The Balaban J connectivity index is 1.89. The normalized spacial score (nSPS) is 18.6. The molecular formula is C17H26N2O2. The zero-order valence-electron chi connectivity index (χ0n) is 13.1. The Morgan fingerprint density at radius 2 is 2.29 bits per heavy atom. The molecule has 1 aliphatic heterocycles. The standard InChI is InChI=1S/C17H26N2O2/c1-3-15-8-4-5-10-19(15)17(20)13-21-16-9-6-7-14(11-16)12-18-2/h6-7,9,11,15,18H,3-5,8,10,12-13H2,1-2H3. The summed E-state index contributed by atoms with van der Waals surface area (Å²) in [6.45, 7) is 3.97. The van der Waals surface area contributed by atoms with Crippen LogP contribution in [0.5, 0.6) is 5.75 Å². The van der Waals surface area contributed by atoms with Crippen molar-refractivity contribution in [3.63, 3.8) is 0 Å². The van der Waals surface area contributed by atoms with Gasteiger partial charge in [0.1, 0.15) is 5.75 Å². The Hall–Kier alpha value is -1.55. The molecule has 0 aliphatic carbocycles. The summed E-state index contributed by atoms with van der Waals surface area (Å²) in [5.41, 5.74) is 1.16. The van der Waals surface area contributed by atoms with Gasteiger partial charge >= 0.3 is 0 Å². The predicted molar refractivity (Wildman–Crippen MR) is 84.3 cm³/mol. The van der Waals surface area contributed by atoms with Crippen LogP contribution in [0.3, 0.4) is 0 Å². The largest absolute Gasteiger partial charge is 0.484 e. The number of carbonyl (C=O) groups excluding carboxylic acids is 1. The van der Waals surface area contributed by atoms with Crippen LogP contribution in [0, 0.1) is 0 Å². The van der Waals surface area contributed by atoms with Crippen LogP contribution in [0.1, 0.15) is 38.2 Å². The minimum atomic E-state index is 0.112. The molecule has 1 aliphatic rings. The third kappa shape index (κ3) is 4.46. The maximum Gasteiger partial charge on any atom is 0.260 e. The molecular weight excluding hydrogens is 264 g/mol. The zero-order valence-corrected chi connectivity index (χ0v) is 13.1. The number of hydrogen-bond acceptors (Lipinski definition) is 3. The number of amides is 1. The maximum atomic E-state index is 12.3. The van der Waals surface area contributed by atoms with Crippen LogP contribution in [0.15, 0.2) is 24.3 Å². The van der Waals surface area contributed by atoms with Gasteiger partial charge in [-0.25, -0.2) is 0 Å². The molecule has 1 amide bonds. The monoisotopic (exact) mass is 290 g/mol. The Kier molecular flexibility index (Phi) is 6.05. The van der Waals surface area contributed by atoms with Gasteiger partial charge in [0.05, 0.1) is 0 Å². The molecule has 1 unspecified atom stereocenters. The van der Waals surface area contributed by atoms with Crippen LogP contribution < -0.4 is 10.1 Å². The molecule has 1 atom stereocenters. The predicted octanol–water partition coefficient (Wildman–Crippen LogP) is 2.58. The SMILES string of the molecule is CCC1CCCCN1C(=O)COc1cccc(CNC)c1. The average molecular weight is 290 g/mol. The summed E-state index contributed by atoms with van der Waals surface area (Å²) in [6, 6.07) is 8.29. The van der Waals surface area contributed by atoms with E-state index in [2.05, 4.69) is 12.2 Å². The summed E-state index contributed by atoms with van der Waals surface area (Å²) in [7, 11) is 1.91. The fourth-order valence-corrected chi connectivity index (χ4v) is 2.93. The van der Waals surface area contributed by atoms with E-state index in [1.165, 1.54) is 6.42 Å². The van der Waals surface area contributed by atoms with Crippen LogP contribution in [-0.4, -0.2) is 37.0 Å². The van der Waals surface area contributed by atoms with Crippen molar-refractivity contribution >= 4 is 5.91 Å². The molecule has 2 rings (SSSR count). The molecule has 1 N–H and O–H groups in total. The first-order valence-electron chi connectivity index (χ1n) is 7.90. The van der Waals surface area contributed by atoms with Crippen molar-refractivity contribution in [2.75, 3.05) is 20.2 Å². The van der Waals surface area contributed by atoms with Gasteiger partial charge < -0.3 is 15.0 Å². The van der Waals surface area contributed by atoms with Crippen molar-refractivity contribution in [2.45, 2.75) is 45.2 Å². The molecule has 1 aromatic rings. The molecule has 1 heterocycles. The van der Waals surface area contributed by atoms with E-state index in [1.54, 1.807) is 0 Å². The average Bonchev–Trinajstić information content (AvgIpc) is 2.53. The van der Waals surface area contributed by atoms with Gasteiger partial charge in [-0.15, -0.1) is 0 Å². The molecule has 0 saturated carbocycles. The molecule has 0 radical (unpaired) electrons. The summed E-state index contributed by atoms with van der Waals surface area (Å²) >= 11 is 0. The van der Waals surface area contributed by atoms with E-state index in [0.29, 0.717) is 6.04 Å². The Bertz CT molecular complexity index is 462. The van der Waals surface area contributed by atoms with Gasteiger partial charge in [-0.3, -0.25) is 4.79 Å². The number of benzene rings is 1. The summed E-state index contributed by atoms with van der Waals surface area (Å²) in [5, 5.41) is 3.11. The van der Waals surface area contributed by atoms with Crippen LogP contribution in [0.4, 0.5) is 0 Å². The van der Waals surface area contributed by atoms with Crippen LogP contribution in [-0.2, 0) is 11.3 Å². The van der Waals surface area contributed by atoms with E-state index in [1.807, 2.05) is 36.2 Å². The Morgan fingerprint density at radius 3 is 3.05 bits per heavy atom. The lowest BCUT2D eigenvalue weighted by Crippen LogP contribution is -2.45. The van der Waals surface area contributed by atoms with Gasteiger partial charge in [0.25, 0.3) is 5.91 Å². The lowest BCUT2D eigenvalue weighted by molar-refractivity contribution is -0.137. The first-order valence-corrected chi connectivity index (χ1v) is 7.90.